The Hall–Kier alpha value is -2.53. The number of hydrogen-bond donors (Lipinski definition) is 1. The highest BCUT2D eigenvalue weighted by atomic mass is 35.5. The van der Waals surface area contributed by atoms with Crippen molar-refractivity contribution in [1.82, 2.24) is 4.90 Å². The maximum absolute atomic E-state index is 12.4. The Labute approximate surface area is 171 Å². The number of amides is 2. The summed E-state index contributed by atoms with van der Waals surface area (Å²) in [7, 11) is 0. The van der Waals surface area contributed by atoms with Crippen molar-refractivity contribution in [3.63, 3.8) is 0 Å². The topological polar surface area (TPSA) is 52.7 Å². The molecule has 1 aliphatic rings. The van der Waals surface area contributed by atoms with Crippen LogP contribution in [0.4, 0.5) is 11.4 Å². The quantitative estimate of drug-likeness (QED) is 0.819. The Kier molecular flexibility index (Phi) is 6.57. The standard InChI is InChI=1S/C22H26ClN3O2/c1-3-16-5-7-17(8-6-16)22(28)24-18-9-10-20(19(23)15-18)25-11-13-26(14-12-25)21(27)4-2/h5-10,15H,3-4,11-14H2,1-2H3,(H,24,28). The Morgan fingerprint density at radius 1 is 1.00 bits per heavy atom. The molecule has 3 rings (SSSR count). The van der Waals surface area contributed by atoms with Gasteiger partial charge in [0.05, 0.1) is 10.7 Å². The molecule has 5 nitrogen and oxygen atoms in total. The number of nitrogens with one attached hydrogen (secondary N) is 1. The van der Waals surface area contributed by atoms with Crippen molar-refractivity contribution in [2.45, 2.75) is 26.7 Å². The lowest BCUT2D eigenvalue weighted by Gasteiger charge is -2.36. The highest BCUT2D eigenvalue weighted by molar-refractivity contribution is 6.33. The maximum atomic E-state index is 12.4. The van der Waals surface area contributed by atoms with Gasteiger partial charge in [-0.25, -0.2) is 0 Å². The average molecular weight is 400 g/mol. The monoisotopic (exact) mass is 399 g/mol. The van der Waals surface area contributed by atoms with Crippen LogP contribution in [0, 0.1) is 0 Å². The molecule has 28 heavy (non-hydrogen) atoms. The van der Waals surface area contributed by atoms with Crippen LogP contribution in [0.3, 0.4) is 0 Å². The number of rotatable bonds is 5. The summed E-state index contributed by atoms with van der Waals surface area (Å²) in [6.07, 6.45) is 1.48. The normalized spacial score (nSPS) is 14.1. The van der Waals surface area contributed by atoms with Crippen molar-refractivity contribution in [1.29, 1.82) is 0 Å². The van der Waals surface area contributed by atoms with Gasteiger partial charge in [0.25, 0.3) is 5.91 Å². The molecular formula is C22H26ClN3O2. The van der Waals surface area contributed by atoms with Crippen molar-refractivity contribution >= 4 is 34.8 Å². The molecule has 0 aromatic heterocycles. The second kappa shape index (κ2) is 9.11. The molecule has 1 fully saturated rings. The Morgan fingerprint density at radius 2 is 1.68 bits per heavy atom. The van der Waals surface area contributed by atoms with Crippen molar-refractivity contribution in [3.8, 4) is 0 Å². The SMILES string of the molecule is CCC(=O)N1CCN(c2ccc(NC(=O)c3ccc(CC)cc3)cc2Cl)CC1. The molecule has 0 aliphatic carbocycles. The van der Waals surface area contributed by atoms with Crippen LogP contribution in [-0.2, 0) is 11.2 Å². The summed E-state index contributed by atoms with van der Waals surface area (Å²) in [5, 5.41) is 3.49. The van der Waals surface area contributed by atoms with E-state index in [-0.39, 0.29) is 11.8 Å². The molecule has 0 bridgehead atoms. The molecule has 0 unspecified atom stereocenters. The van der Waals surface area contributed by atoms with E-state index >= 15 is 0 Å². The van der Waals surface area contributed by atoms with Gasteiger partial charge in [-0.1, -0.05) is 37.6 Å². The largest absolute Gasteiger partial charge is 0.367 e. The first kappa shape index (κ1) is 20.2. The number of benzene rings is 2. The fourth-order valence-corrected chi connectivity index (χ4v) is 3.66. The number of carbonyl (C=O) groups excluding carboxylic acids is 2. The van der Waals surface area contributed by atoms with Crippen molar-refractivity contribution < 1.29 is 9.59 Å². The highest BCUT2D eigenvalue weighted by Gasteiger charge is 2.21. The molecule has 2 aromatic carbocycles. The molecule has 1 N–H and O–H groups in total. The fraction of sp³-hybridized carbons (Fsp3) is 0.364. The zero-order valence-electron chi connectivity index (χ0n) is 16.4. The second-order valence-corrected chi connectivity index (χ2v) is 7.30. The first-order valence-corrected chi connectivity index (χ1v) is 10.1. The Morgan fingerprint density at radius 3 is 2.25 bits per heavy atom. The summed E-state index contributed by atoms with van der Waals surface area (Å²) in [6, 6.07) is 13.2. The summed E-state index contributed by atoms with van der Waals surface area (Å²) < 4.78 is 0. The van der Waals surface area contributed by atoms with Gasteiger partial charge in [0.1, 0.15) is 0 Å². The molecule has 1 aliphatic heterocycles. The summed E-state index contributed by atoms with van der Waals surface area (Å²) >= 11 is 6.48. The van der Waals surface area contributed by atoms with Gasteiger partial charge in [-0.2, -0.15) is 0 Å². The van der Waals surface area contributed by atoms with Crippen molar-refractivity contribution in [3.05, 3.63) is 58.6 Å². The first-order valence-electron chi connectivity index (χ1n) is 9.74. The summed E-state index contributed by atoms with van der Waals surface area (Å²) in [6.45, 7) is 6.88. The minimum Gasteiger partial charge on any atom is -0.367 e. The number of carbonyl (C=O) groups is 2. The van der Waals surface area contributed by atoms with Crippen LogP contribution in [0.5, 0.6) is 0 Å². The van der Waals surface area contributed by atoms with Gasteiger partial charge in [0.2, 0.25) is 5.91 Å². The smallest absolute Gasteiger partial charge is 0.255 e. The van der Waals surface area contributed by atoms with E-state index in [0.717, 1.165) is 25.2 Å². The van der Waals surface area contributed by atoms with Crippen LogP contribution in [0.25, 0.3) is 0 Å². The molecule has 2 aromatic rings. The van der Waals surface area contributed by atoms with Crippen LogP contribution in [-0.4, -0.2) is 42.9 Å². The van der Waals surface area contributed by atoms with Crippen molar-refractivity contribution in [2.75, 3.05) is 36.4 Å². The summed E-state index contributed by atoms with van der Waals surface area (Å²) in [5.74, 6) is 0.0361. The number of hydrogen-bond acceptors (Lipinski definition) is 3. The molecule has 2 amide bonds. The van der Waals surface area contributed by atoms with Crippen molar-refractivity contribution in [2.24, 2.45) is 0 Å². The van der Waals surface area contributed by atoms with Gasteiger partial charge in [0, 0.05) is 43.9 Å². The molecule has 0 saturated carbocycles. The predicted octanol–water partition coefficient (Wildman–Crippen LogP) is 4.21. The minimum atomic E-state index is -0.154. The molecule has 0 spiro atoms. The number of halogens is 1. The van der Waals surface area contributed by atoms with Crippen LogP contribution in [0.2, 0.25) is 5.02 Å². The van der Waals surface area contributed by atoms with Crippen LogP contribution >= 0.6 is 11.6 Å². The Balaban J connectivity index is 1.64. The minimum absolute atomic E-state index is 0.154. The van der Waals surface area contributed by atoms with E-state index in [4.69, 9.17) is 11.6 Å². The van der Waals surface area contributed by atoms with Crippen LogP contribution < -0.4 is 10.2 Å². The van der Waals surface area contributed by atoms with E-state index in [1.165, 1.54) is 5.56 Å². The highest BCUT2D eigenvalue weighted by Crippen LogP contribution is 2.30. The zero-order valence-corrected chi connectivity index (χ0v) is 17.1. The second-order valence-electron chi connectivity index (χ2n) is 6.89. The predicted molar refractivity (Wildman–Crippen MR) is 114 cm³/mol. The van der Waals surface area contributed by atoms with Gasteiger partial charge in [0.15, 0.2) is 0 Å². The fourth-order valence-electron chi connectivity index (χ4n) is 3.36. The lowest BCUT2D eigenvalue weighted by Crippen LogP contribution is -2.48. The third kappa shape index (κ3) is 4.65. The molecular weight excluding hydrogens is 374 g/mol. The number of piperazine rings is 1. The van der Waals surface area contributed by atoms with E-state index < -0.39 is 0 Å². The lowest BCUT2D eigenvalue weighted by atomic mass is 10.1. The van der Waals surface area contributed by atoms with E-state index in [2.05, 4.69) is 17.1 Å². The number of nitrogens with zero attached hydrogens (tertiary/aromatic N) is 2. The van der Waals surface area contributed by atoms with Crippen LogP contribution in [0.1, 0.15) is 36.2 Å². The summed E-state index contributed by atoms with van der Waals surface area (Å²) in [4.78, 5) is 28.3. The third-order valence-electron chi connectivity index (χ3n) is 5.11. The summed E-state index contributed by atoms with van der Waals surface area (Å²) in [5.41, 5.74) is 3.41. The van der Waals surface area contributed by atoms with E-state index in [1.807, 2.05) is 48.2 Å². The molecule has 6 heteroatoms. The first-order chi connectivity index (χ1) is 13.5. The van der Waals surface area contributed by atoms with E-state index in [1.54, 1.807) is 6.07 Å². The van der Waals surface area contributed by atoms with Gasteiger partial charge >= 0.3 is 0 Å². The van der Waals surface area contributed by atoms with E-state index in [9.17, 15) is 9.59 Å². The third-order valence-corrected chi connectivity index (χ3v) is 5.41. The molecule has 1 saturated heterocycles. The number of aryl methyl sites for hydroxylation is 1. The van der Waals surface area contributed by atoms with Gasteiger partial charge < -0.3 is 15.1 Å². The van der Waals surface area contributed by atoms with E-state index in [0.29, 0.717) is 35.8 Å². The van der Waals surface area contributed by atoms with Gasteiger partial charge in [-0.15, -0.1) is 0 Å². The number of anilines is 2. The maximum Gasteiger partial charge on any atom is 0.255 e. The van der Waals surface area contributed by atoms with Gasteiger partial charge in [-0.3, -0.25) is 9.59 Å². The molecule has 0 radical (unpaired) electrons. The zero-order chi connectivity index (χ0) is 20.1. The molecule has 0 atom stereocenters. The van der Waals surface area contributed by atoms with Gasteiger partial charge in [-0.05, 0) is 42.3 Å². The molecule has 148 valence electrons. The molecule has 1 heterocycles. The average Bonchev–Trinajstić information content (AvgIpc) is 2.73. The lowest BCUT2D eigenvalue weighted by molar-refractivity contribution is -0.131. The van der Waals surface area contributed by atoms with Crippen LogP contribution in [0.15, 0.2) is 42.5 Å². The Bertz CT molecular complexity index is 843.